The summed E-state index contributed by atoms with van der Waals surface area (Å²) in [5, 5.41) is 5.69. The summed E-state index contributed by atoms with van der Waals surface area (Å²) in [6.07, 6.45) is -2.25. The summed E-state index contributed by atoms with van der Waals surface area (Å²) < 4.78 is 43.7. The Morgan fingerprint density at radius 3 is 2.58 bits per heavy atom. The highest BCUT2D eigenvalue weighted by Gasteiger charge is 2.38. The molecule has 5 nitrogen and oxygen atoms in total. The van der Waals surface area contributed by atoms with Gasteiger partial charge in [-0.2, -0.15) is 13.2 Å². The van der Waals surface area contributed by atoms with Crippen LogP contribution in [0.25, 0.3) is 0 Å². The molecule has 0 spiro atoms. The second kappa shape index (κ2) is 9.41. The van der Waals surface area contributed by atoms with Gasteiger partial charge in [-0.1, -0.05) is 24.3 Å². The van der Waals surface area contributed by atoms with Crippen molar-refractivity contribution in [2.45, 2.75) is 50.4 Å². The maximum atomic E-state index is 12.8. The van der Waals surface area contributed by atoms with Crippen molar-refractivity contribution in [2.24, 2.45) is 0 Å². The van der Waals surface area contributed by atoms with E-state index in [1.807, 2.05) is 24.3 Å². The molecule has 2 aromatic carbocycles. The molecule has 31 heavy (non-hydrogen) atoms. The number of nitrogens with one attached hydrogen (secondary N) is 2. The highest BCUT2D eigenvalue weighted by atomic mass is 19.4. The summed E-state index contributed by atoms with van der Waals surface area (Å²) in [7, 11) is 1.58. The summed E-state index contributed by atoms with van der Waals surface area (Å²) in [5.41, 5.74) is 0.0938. The molecule has 2 amide bonds. The van der Waals surface area contributed by atoms with Crippen LogP contribution >= 0.6 is 0 Å². The average Bonchev–Trinajstić information content (AvgIpc) is 3.11. The number of methoxy groups -OCH3 is 1. The number of amides is 2. The molecule has 1 atom stereocenters. The van der Waals surface area contributed by atoms with E-state index in [1.165, 1.54) is 12.1 Å². The van der Waals surface area contributed by atoms with Gasteiger partial charge in [0.15, 0.2) is 0 Å². The number of hydrogen-bond donors (Lipinski definition) is 2. The lowest BCUT2D eigenvalue weighted by atomic mass is 9.85. The molecule has 1 fully saturated rings. The largest absolute Gasteiger partial charge is 0.497 e. The molecule has 1 aliphatic heterocycles. The minimum absolute atomic E-state index is 0.0119. The van der Waals surface area contributed by atoms with Gasteiger partial charge in [-0.15, -0.1) is 0 Å². The maximum Gasteiger partial charge on any atom is 0.416 e. The Kier molecular flexibility index (Phi) is 6.87. The van der Waals surface area contributed by atoms with Crippen molar-refractivity contribution >= 4 is 11.8 Å². The van der Waals surface area contributed by atoms with Crippen LogP contribution in [0.4, 0.5) is 13.2 Å². The van der Waals surface area contributed by atoms with Gasteiger partial charge in [0.05, 0.1) is 12.7 Å². The van der Waals surface area contributed by atoms with E-state index in [4.69, 9.17) is 4.74 Å². The van der Waals surface area contributed by atoms with Gasteiger partial charge >= 0.3 is 6.18 Å². The summed E-state index contributed by atoms with van der Waals surface area (Å²) in [4.78, 5) is 24.3. The van der Waals surface area contributed by atoms with E-state index in [0.717, 1.165) is 23.4 Å². The molecule has 0 aromatic heterocycles. The number of ether oxygens (including phenoxy) is 1. The Morgan fingerprint density at radius 1 is 1.16 bits per heavy atom. The third-order valence-corrected chi connectivity index (χ3v) is 5.49. The fraction of sp³-hybridized carbons (Fsp3) is 0.391. The lowest BCUT2D eigenvalue weighted by Gasteiger charge is -2.29. The number of carbonyl (C=O) groups excluding carboxylic acids is 2. The van der Waals surface area contributed by atoms with Crippen LogP contribution in [0.5, 0.6) is 5.75 Å². The van der Waals surface area contributed by atoms with Crippen LogP contribution < -0.4 is 15.4 Å². The normalized spacial score (nSPS) is 18.5. The fourth-order valence-electron chi connectivity index (χ4n) is 3.85. The van der Waals surface area contributed by atoms with Gasteiger partial charge < -0.3 is 15.4 Å². The summed E-state index contributed by atoms with van der Waals surface area (Å²) in [6, 6.07) is 12.4. The van der Waals surface area contributed by atoms with Crippen molar-refractivity contribution in [3.63, 3.8) is 0 Å². The van der Waals surface area contributed by atoms with Gasteiger partial charge in [-0.25, -0.2) is 0 Å². The van der Waals surface area contributed by atoms with Crippen LogP contribution in [0, 0.1) is 0 Å². The molecule has 2 aromatic rings. The van der Waals surface area contributed by atoms with E-state index in [9.17, 15) is 22.8 Å². The molecule has 0 bridgehead atoms. The summed E-state index contributed by atoms with van der Waals surface area (Å²) in [5.74, 6) is 0.395. The summed E-state index contributed by atoms with van der Waals surface area (Å²) >= 11 is 0. The lowest BCUT2D eigenvalue weighted by Crippen LogP contribution is -2.44. The molecule has 3 rings (SSSR count). The Labute approximate surface area is 179 Å². The molecule has 166 valence electrons. The number of carbonyl (C=O) groups is 2. The highest BCUT2D eigenvalue weighted by molar-refractivity contribution is 5.80. The van der Waals surface area contributed by atoms with Crippen molar-refractivity contribution in [2.75, 3.05) is 7.11 Å². The van der Waals surface area contributed by atoms with Gasteiger partial charge in [-0.3, -0.25) is 9.59 Å². The number of alkyl halides is 3. The van der Waals surface area contributed by atoms with E-state index < -0.39 is 17.3 Å². The van der Waals surface area contributed by atoms with Crippen LogP contribution in [0.15, 0.2) is 48.5 Å². The summed E-state index contributed by atoms with van der Waals surface area (Å²) in [6.45, 7) is 0.0119. The standard InChI is InChI=1S/C23H25F3N2O3/c1-31-19-7-3-4-16(13-19)14-22(11-9-21(30)28-22)10-8-20(29)27-15-17-5-2-6-18(12-17)23(24,25)26/h2-7,12-13H,8-11,14-15H2,1H3,(H,27,29)(H,28,30)/t22-/m0/s1. The van der Waals surface area contributed by atoms with Crippen LogP contribution in [0.2, 0.25) is 0 Å². The maximum absolute atomic E-state index is 12.8. The fourth-order valence-corrected chi connectivity index (χ4v) is 3.85. The average molecular weight is 434 g/mol. The molecule has 1 heterocycles. The Balaban J connectivity index is 1.59. The van der Waals surface area contributed by atoms with Gasteiger partial charge in [0.1, 0.15) is 5.75 Å². The predicted molar refractivity (Wildman–Crippen MR) is 109 cm³/mol. The van der Waals surface area contributed by atoms with Crippen molar-refractivity contribution in [3.05, 3.63) is 65.2 Å². The number of benzene rings is 2. The molecule has 2 N–H and O–H groups in total. The number of rotatable bonds is 8. The number of hydrogen-bond acceptors (Lipinski definition) is 3. The Hall–Kier alpha value is -3.03. The highest BCUT2D eigenvalue weighted by Crippen LogP contribution is 2.31. The number of halogens is 3. The van der Waals surface area contributed by atoms with E-state index in [-0.39, 0.29) is 24.8 Å². The van der Waals surface area contributed by atoms with Crippen LogP contribution in [0.1, 0.15) is 42.4 Å². The first-order chi connectivity index (χ1) is 14.7. The van der Waals surface area contributed by atoms with E-state index >= 15 is 0 Å². The molecule has 0 saturated carbocycles. The lowest BCUT2D eigenvalue weighted by molar-refractivity contribution is -0.137. The first-order valence-electron chi connectivity index (χ1n) is 10.1. The van der Waals surface area contributed by atoms with Gasteiger partial charge in [0, 0.05) is 24.9 Å². The monoisotopic (exact) mass is 434 g/mol. The third-order valence-electron chi connectivity index (χ3n) is 5.49. The zero-order valence-electron chi connectivity index (χ0n) is 17.2. The van der Waals surface area contributed by atoms with Crippen LogP contribution in [-0.2, 0) is 28.7 Å². The minimum Gasteiger partial charge on any atom is -0.497 e. The molecule has 1 saturated heterocycles. The molecule has 0 radical (unpaired) electrons. The molecule has 1 aliphatic rings. The van der Waals surface area contributed by atoms with Crippen molar-refractivity contribution in [1.82, 2.24) is 10.6 Å². The molecule has 0 unspecified atom stereocenters. The Bertz CT molecular complexity index is 946. The molecule has 0 aliphatic carbocycles. The molecular formula is C23H25F3N2O3. The van der Waals surface area contributed by atoms with E-state index in [0.29, 0.717) is 31.2 Å². The predicted octanol–water partition coefficient (Wildman–Crippen LogP) is 4.00. The van der Waals surface area contributed by atoms with E-state index in [1.54, 1.807) is 7.11 Å². The Morgan fingerprint density at radius 2 is 1.90 bits per heavy atom. The molecule has 8 heteroatoms. The van der Waals surface area contributed by atoms with Crippen molar-refractivity contribution in [1.29, 1.82) is 0 Å². The van der Waals surface area contributed by atoms with Gasteiger partial charge in [-0.05, 0) is 54.7 Å². The first-order valence-corrected chi connectivity index (χ1v) is 10.1. The van der Waals surface area contributed by atoms with Crippen LogP contribution in [0.3, 0.4) is 0 Å². The van der Waals surface area contributed by atoms with Crippen LogP contribution in [-0.4, -0.2) is 24.5 Å². The molecular weight excluding hydrogens is 409 g/mol. The SMILES string of the molecule is COc1cccc(C[C@]2(CCC(=O)NCc3cccc(C(F)(F)F)c3)CCC(=O)N2)c1. The minimum atomic E-state index is -4.42. The zero-order chi connectivity index (χ0) is 22.5. The second-order valence-electron chi connectivity index (χ2n) is 7.83. The smallest absolute Gasteiger partial charge is 0.416 e. The topological polar surface area (TPSA) is 67.4 Å². The van der Waals surface area contributed by atoms with Crippen molar-refractivity contribution < 1.29 is 27.5 Å². The quantitative estimate of drug-likeness (QED) is 0.660. The third kappa shape index (κ3) is 6.23. The van der Waals surface area contributed by atoms with Crippen molar-refractivity contribution in [3.8, 4) is 5.75 Å². The van der Waals surface area contributed by atoms with E-state index in [2.05, 4.69) is 10.6 Å². The first kappa shape index (κ1) is 22.7. The zero-order valence-corrected chi connectivity index (χ0v) is 17.2. The van der Waals surface area contributed by atoms with Gasteiger partial charge in [0.2, 0.25) is 11.8 Å². The van der Waals surface area contributed by atoms with Gasteiger partial charge in [0.25, 0.3) is 0 Å². The second-order valence-corrected chi connectivity index (χ2v) is 7.83.